The van der Waals surface area contributed by atoms with Crippen molar-refractivity contribution in [3.8, 4) is 0 Å². The molecular formula is C14H20N2O. The first-order chi connectivity index (χ1) is 8.22. The van der Waals surface area contributed by atoms with Crippen molar-refractivity contribution < 1.29 is 4.79 Å². The molecule has 0 atom stereocenters. The summed E-state index contributed by atoms with van der Waals surface area (Å²) < 4.78 is 0. The average molecular weight is 232 g/mol. The Morgan fingerprint density at radius 2 is 2.12 bits per heavy atom. The highest BCUT2D eigenvalue weighted by Gasteiger charge is 2.22. The summed E-state index contributed by atoms with van der Waals surface area (Å²) in [5, 5.41) is 0. The van der Waals surface area contributed by atoms with E-state index in [4.69, 9.17) is 0 Å². The van der Waals surface area contributed by atoms with E-state index in [2.05, 4.69) is 16.8 Å². The van der Waals surface area contributed by atoms with Crippen LogP contribution in [-0.4, -0.2) is 23.4 Å². The maximum Gasteiger partial charge on any atom is 0.161 e. The van der Waals surface area contributed by atoms with Crippen molar-refractivity contribution in [3.05, 3.63) is 23.9 Å². The van der Waals surface area contributed by atoms with Gasteiger partial charge in [0.15, 0.2) is 5.78 Å². The Morgan fingerprint density at radius 3 is 2.59 bits per heavy atom. The maximum absolute atomic E-state index is 11.2. The van der Waals surface area contributed by atoms with Crippen LogP contribution in [-0.2, 0) is 0 Å². The van der Waals surface area contributed by atoms with Gasteiger partial charge in [-0.1, -0.05) is 12.8 Å². The minimum atomic E-state index is 0.0768. The second kappa shape index (κ2) is 5.30. The molecule has 0 saturated heterocycles. The Morgan fingerprint density at radius 1 is 1.41 bits per heavy atom. The number of hydrogen-bond acceptors (Lipinski definition) is 3. The molecule has 0 N–H and O–H groups in total. The first kappa shape index (κ1) is 12.1. The van der Waals surface area contributed by atoms with Crippen molar-refractivity contribution in [2.45, 2.75) is 45.6 Å². The van der Waals surface area contributed by atoms with Gasteiger partial charge in [-0.25, -0.2) is 4.98 Å². The zero-order valence-corrected chi connectivity index (χ0v) is 10.6. The average Bonchev–Trinajstić information content (AvgIpc) is 2.84. The van der Waals surface area contributed by atoms with Crippen LogP contribution in [0.1, 0.15) is 49.9 Å². The van der Waals surface area contributed by atoms with E-state index in [1.807, 2.05) is 12.1 Å². The van der Waals surface area contributed by atoms with Crippen LogP contribution in [0, 0.1) is 0 Å². The number of pyridine rings is 1. The maximum atomic E-state index is 11.2. The molecule has 1 heterocycles. The molecule has 1 saturated carbocycles. The Balaban J connectivity index is 2.16. The van der Waals surface area contributed by atoms with Crippen molar-refractivity contribution in [1.82, 2.24) is 4.98 Å². The monoisotopic (exact) mass is 232 g/mol. The summed E-state index contributed by atoms with van der Waals surface area (Å²) in [5.74, 6) is 1.08. The van der Waals surface area contributed by atoms with E-state index < -0.39 is 0 Å². The van der Waals surface area contributed by atoms with Gasteiger partial charge < -0.3 is 4.90 Å². The SMILES string of the molecule is CCN(c1ccc(C(C)=O)cn1)C1CCCC1. The Labute approximate surface area is 103 Å². The Hall–Kier alpha value is -1.38. The zero-order valence-electron chi connectivity index (χ0n) is 10.6. The third kappa shape index (κ3) is 2.65. The van der Waals surface area contributed by atoms with Crippen molar-refractivity contribution in [3.63, 3.8) is 0 Å². The van der Waals surface area contributed by atoms with Gasteiger partial charge in [0.25, 0.3) is 0 Å². The minimum absolute atomic E-state index is 0.0768. The number of ketones is 1. The standard InChI is InChI=1S/C14H20N2O/c1-3-16(13-6-4-5-7-13)14-9-8-12(10-15-14)11(2)17/h8-10,13H,3-7H2,1-2H3. The summed E-state index contributed by atoms with van der Waals surface area (Å²) in [6.07, 6.45) is 6.88. The number of nitrogens with zero attached hydrogens (tertiary/aromatic N) is 2. The molecule has 2 rings (SSSR count). The fraction of sp³-hybridized carbons (Fsp3) is 0.571. The summed E-state index contributed by atoms with van der Waals surface area (Å²) in [6, 6.07) is 4.48. The molecule has 92 valence electrons. The van der Waals surface area contributed by atoms with Crippen LogP contribution in [0.4, 0.5) is 5.82 Å². The van der Waals surface area contributed by atoms with Crippen LogP contribution >= 0.6 is 0 Å². The number of hydrogen-bond donors (Lipinski definition) is 0. The predicted molar refractivity (Wildman–Crippen MR) is 69.5 cm³/mol. The van der Waals surface area contributed by atoms with Gasteiger partial charge in [0.1, 0.15) is 5.82 Å². The lowest BCUT2D eigenvalue weighted by Crippen LogP contribution is -2.33. The molecule has 3 nitrogen and oxygen atoms in total. The number of Topliss-reactive ketones (excluding diaryl/α,β-unsaturated/α-hetero) is 1. The highest BCUT2D eigenvalue weighted by atomic mass is 16.1. The molecule has 17 heavy (non-hydrogen) atoms. The fourth-order valence-corrected chi connectivity index (χ4v) is 2.59. The van der Waals surface area contributed by atoms with E-state index in [1.165, 1.54) is 25.7 Å². The third-order valence-electron chi connectivity index (χ3n) is 3.55. The first-order valence-corrected chi connectivity index (χ1v) is 6.46. The predicted octanol–water partition coefficient (Wildman–Crippen LogP) is 3.05. The summed E-state index contributed by atoms with van der Waals surface area (Å²) in [5.41, 5.74) is 0.691. The second-order valence-corrected chi connectivity index (χ2v) is 4.69. The number of aromatic nitrogens is 1. The van der Waals surface area contributed by atoms with Gasteiger partial charge in [-0.3, -0.25) is 4.79 Å². The fourth-order valence-electron chi connectivity index (χ4n) is 2.59. The van der Waals surface area contributed by atoms with Gasteiger partial charge in [-0.05, 0) is 38.8 Å². The summed E-state index contributed by atoms with van der Waals surface area (Å²) in [7, 11) is 0. The van der Waals surface area contributed by atoms with Gasteiger partial charge in [0.2, 0.25) is 0 Å². The van der Waals surface area contributed by atoms with Crippen LogP contribution in [0.15, 0.2) is 18.3 Å². The van der Waals surface area contributed by atoms with Crippen molar-refractivity contribution in [2.75, 3.05) is 11.4 Å². The normalized spacial score (nSPS) is 16.1. The highest BCUT2D eigenvalue weighted by Crippen LogP contribution is 2.26. The molecule has 0 radical (unpaired) electrons. The third-order valence-corrected chi connectivity index (χ3v) is 3.55. The zero-order chi connectivity index (χ0) is 12.3. The van der Waals surface area contributed by atoms with E-state index >= 15 is 0 Å². The van der Waals surface area contributed by atoms with Gasteiger partial charge >= 0.3 is 0 Å². The van der Waals surface area contributed by atoms with Crippen molar-refractivity contribution >= 4 is 11.6 Å². The van der Waals surface area contributed by atoms with E-state index in [-0.39, 0.29) is 5.78 Å². The van der Waals surface area contributed by atoms with Crippen LogP contribution in [0.5, 0.6) is 0 Å². The molecule has 0 amide bonds. The number of anilines is 1. The topological polar surface area (TPSA) is 33.2 Å². The Bertz CT molecular complexity index is 380. The second-order valence-electron chi connectivity index (χ2n) is 4.69. The molecule has 1 aromatic rings. The van der Waals surface area contributed by atoms with Crippen LogP contribution in [0.3, 0.4) is 0 Å². The van der Waals surface area contributed by atoms with Crippen LogP contribution < -0.4 is 4.90 Å². The lowest BCUT2D eigenvalue weighted by Gasteiger charge is -2.28. The first-order valence-electron chi connectivity index (χ1n) is 6.46. The van der Waals surface area contributed by atoms with E-state index in [0.717, 1.165) is 12.4 Å². The minimum Gasteiger partial charge on any atom is -0.354 e. The van der Waals surface area contributed by atoms with E-state index in [9.17, 15) is 4.79 Å². The lowest BCUT2D eigenvalue weighted by atomic mass is 10.2. The number of carbonyl (C=O) groups excluding carboxylic acids is 1. The van der Waals surface area contributed by atoms with E-state index in [1.54, 1.807) is 13.1 Å². The van der Waals surface area contributed by atoms with Gasteiger partial charge in [0, 0.05) is 24.3 Å². The van der Waals surface area contributed by atoms with Crippen molar-refractivity contribution in [2.24, 2.45) is 0 Å². The molecule has 3 heteroatoms. The summed E-state index contributed by atoms with van der Waals surface area (Å²) in [4.78, 5) is 18.0. The number of carbonyl (C=O) groups is 1. The molecule has 0 aromatic carbocycles. The lowest BCUT2D eigenvalue weighted by molar-refractivity contribution is 0.101. The molecule has 1 fully saturated rings. The molecule has 0 unspecified atom stereocenters. The molecule has 0 spiro atoms. The summed E-state index contributed by atoms with van der Waals surface area (Å²) >= 11 is 0. The van der Waals surface area contributed by atoms with Gasteiger partial charge in [0.05, 0.1) is 0 Å². The van der Waals surface area contributed by atoms with Crippen molar-refractivity contribution in [1.29, 1.82) is 0 Å². The Kier molecular flexibility index (Phi) is 3.77. The smallest absolute Gasteiger partial charge is 0.161 e. The molecular weight excluding hydrogens is 212 g/mol. The highest BCUT2D eigenvalue weighted by molar-refractivity contribution is 5.93. The summed E-state index contributed by atoms with van der Waals surface area (Å²) in [6.45, 7) is 4.72. The van der Waals surface area contributed by atoms with E-state index in [0.29, 0.717) is 11.6 Å². The molecule has 1 aliphatic rings. The van der Waals surface area contributed by atoms with Crippen LogP contribution in [0.2, 0.25) is 0 Å². The quantitative estimate of drug-likeness (QED) is 0.748. The molecule has 0 bridgehead atoms. The molecule has 0 aliphatic heterocycles. The number of rotatable bonds is 4. The van der Waals surface area contributed by atoms with Gasteiger partial charge in [-0.15, -0.1) is 0 Å². The van der Waals surface area contributed by atoms with Crippen LogP contribution in [0.25, 0.3) is 0 Å². The molecule has 1 aromatic heterocycles. The largest absolute Gasteiger partial charge is 0.354 e. The molecule has 1 aliphatic carbocycles. The van der Waals surface area contributed by atoms with Gasteiger partial charge in [-0.2, -0.15) is 0 Å².